The van der Waals surface area contributed by atoms with Gasteiger partial charge < -0.3 is 14.8 Å². The zero-order chi connectivity index (χ0) is 15.7. The van der Waals surface area contributed by atoms with Crippen LogP contribution in [0.25, 0.3) is 0 Å². The van der Waals surface area contributed by atoms with Gasteiger partial charge in [-0.05, 0) is 12.5 Å². The largest absolute Gasteiger partial charge is 0.496 e. The van der Waals surface area contributed by atoms with Crippen LogP contribution in [0.1, 0.15) is 16.8 Å². The molecule has 0 aliphatic rings. The number of nitro groups is 1. The first-order valence-electron chi connectivity index (χ1n) is 6.34. The lowest BCUT2D eigenvalue weighted by Gasteiger charge is -2.09. The molecular weight excluding hydrogens is 300 g/mol. The Morgan fingerprint density at radius 1 is 1.43 bits per heavy atom. The van der Waals surface area contributed by atoms with Gasteiger partial charge in [-0.15, -0.1) is 11.6 Å². The summed E-state index contributed by atoms with van der Waals surface area (Å²) in [5.41, 5.74) is 0.127. The van der Waals surface area contributed by atoms with Crippen molar-refractivity contribution in [2.75, 3.05) is 32.7 Å². The average molecular weight is 317 g/mol. The van der Waals surface area contributed by atoms with Crippen molar-refractivity contribution in [2.24, 2.45) is 0 Å². The minimum absolute atomic E-state index is 0.127. The van der Waals surface area contributed by atoms with Crippen molar-refractivity contribution in [3.8, 4) is 5.75 Å². The smallest absolute Gasteiger partial charge is 0.273 e. The van der Waals surface area contributed by atoms with Crippen LogP contribution in [0.2, 0.25) is 0 Å². The third-order valence-corrected chi connectivity index (χ3v) is 2.77. The molecule has 0 heterocycles. The normalized spacial score (nSPS) is 10.2. The fourth-order valence-corrected chi connectivity index (χ4v) is 1.72. The lowest BCUT2D eigenvalue weighted by Crippen LogP contribution is -2.25. The Hall–Kier alpha value is -1.86. The fourth-order valence-electron chi connectivity index (χ4n) is 1.61. The number of alkyl halides is 1. The number of methoxy groups -OCH3 is 1. The maximum absolute atomic E-state index is 12.0. The molecule has 0 fully saturated rings. The van der Waals surface area contributed by atoms with Crippen molar-refractivity contribution in [3.63, 3.8) is 0 Å². The van der Waals surface area contributed by atoms with E-state index in [-0.39, 0.29) is 22.9 Å². The summed E-state index contributed by atoms with van der Waals surface area (Å²) in [5, 5.41) is 13.4. The Balaban J connectivity index is 2.55. The van der Waals surface area contributed by atoms with Gasteiger partial charge in [-0.3, -0.25) is 14.9 Å². The van der Waals surface area contributed by atoms with Crippen LogP contribution in [0.15, 0.2) is 18.2 Å². The van der Waals surface area contributed by atoms with Gasteiger partial charge in [0, 0.05) is 25.1 Å². The molecule has 0 saturated heterocycles. The van der Waals surface area contributed by atoms with Crippen LogP contribution in [-0.4, -0.2) is 43.6 Å². The molecule has 0 unspecified atom stereocenters. The number of carbonyl (C=O) groups excluding carboxylic acids is 1. The van der Waals surface area contributed by atoms with Crippen molar-refractivity contribution in [1.82, 2.24) is 5.32 Å². The molecule has 21 heavy (non-hydrogen) atoms. The Morgan fingerprint density at radius 3 is 2.81 bits per heavy atom. The van der Waals surface area contributed by atoms with Gasteiger partial charge in [-0.1, -0.05) is 0 Å². The first kappa shape index (κ1) is 17.2. The molecule has 7 nitrogen and oxygen atoms in total. The van der Waals surface area contributed by atoms with Crippen molar-refractivity contribution >= 4 is 23.2 Å². The Morgan fingerprint density at radius 2 is 2.19 bits per heavy atom. The van der Waals surface area contributed by atoms with E-state index in [1.165, 1.54) is 25.3 Å². The second-order valence-electron chi connectivity index (χ2n) is 4.05. The number of amides is 1. The van der Waals surface area contributed by atoms with Crippen molar-refractivity contribution in [1.29, 1.82) is 0 Å². The quantitative estimate of drug-likeness (QED) is 0.325. The minimum atomic E-state index is -0.543. The van der Waals surface area contributed by atoms with E-state index in [1.54, 1.807) is 0 Å². The number of non-ortho nitro benzene ring substituents is 1. The molecule has 1 aromatic rings. The number of nitrogens with one attached hydrogen (secondary N) is 1. The molecule has 0 atom stereocenters. The summed E-state index contributed by atoms with van der Waals surface area (Å²) in [6.07, 6.45) is 0.651. The highest BCUT2D eigenvalue weighted by Crippen LogP contribution is 2.24. The molecule has 0 radical (unpaired) electrons. The average Bonchev–Trinajstić information content (AvgIpc) is 2.49. The highest BCUT2D eigenvalue weighted by Gasteiger charge is 2.16. The first-order valence-corrected chi connectivity index (χ1v) is 6.88. The summed E-state index contributed by atoms with van der Waals surface area (Å²) >= 11 is 5.46. The zero-order valence-corrected chi connectivity index (χ0v) is 12.4. The number of halogens is 1. The Kier molecular flexibility index (Phi) is 7.49. The minimum Gasteiger partial charge on any atom is -0.496 e. The van der Waals surface area contributed by atoms with Gasteiger partial charge in [0.05, 0.1) is 30.3 Å². The molecule has 1 rings (SSSR count). The van der Waals surface area contributed by atoms with Crippen LogP contribution < -0.4 is 10.1 Å². The molecule has 8 heteroatoms. The molecule has 0 aliphatic carbocycles. The lowest BCUT2D eigenvalue weighted by atomic mass is 10.1. The zero-order valence-electron chi connectivity index (χ0n) is 11.6. The van der Waals surface area contributed by atoms with Gasteiger partial charge in [0.1, 0.15) is 5.75 Å². The van der Waals surface area contributed by atoms with Gasteiger partial charge in [-0.25, -0.2) is 0 Å². The Labute approximate surface area is 127 Å². The molecule has 1 amide bonds. The highest BCUT2D eigenvalue weighted by molar-refractivity contribution is 6.17. The van der Waals surface area contributed by atoms with Crippen LogP contribution in [0.5, 0.6) is 5.75 Å². The van der Waals surface area contributed by atoms with Crippen LogP contribution in [0.4, 0.5) is 5.69 Å². The van der Waals surface area contributed by atoms with E-state index in [0.29, 0.717) is 32.1 Å². The fraction of sp³-hybridized carbons (Fsp3) is 0.462. The second kappa shape index (κ2) is 9.15. The SMILES string of the molecule is COc1cc([N+](=O)[O-])ccc1C(=O)NCCCOCCCl. The lowest BCUT2D eigenvalue weighted by molar-refractivity contribution is -0.384. The predicted molar refractivity (Wildman–Crippen MR) is 78.1 cm³/mol. The molecule has 116 valence electrons. The van der Waals surface area contributed by atoms with E-state index >= 15 is 0 Å². The number of hydrogen-bond acceptors (Lipinski definition) is 5. The molecule has 0 aliphatic heterocycles. The molecule has 1 aromatic carbocycles. The number of benzene rings is 1. The first-order chi connectivity index (χ1) is 10.1. The molecular formula is C13H17ClN2O5. The maximum Gasteiger partial charge on any atom is 0.273 e. The summed E-state index contributed by atoms with van der Waals surface area (Å²) in [4.78, 5) is 22.1. The third kappa shape index (κ3) is 5.57. The van der Waals surface area contributed by atoms with E-state index in [4.69, 9.17) is 21.1 Å². The van der Waals surface area contributed by atoms with Crippen molar-refractivity contribution < 1.29 is 19.2 Å². The van der Waals surface area contributed by atoms with Crippen molar-refractivity contribution in [3.05, 3.63) is 33.9 Å². The van der Waals surface area contributed by atoms with Gasteiger partial charge in [0.15, 0.2) is 0 Å². The summed E-state index contributed by atoms with van der Waals surface area (Å²) in [6, 6.07) is 3.86. The van der Waals surface area contributed by atoms with Crippen molar-refractivity contribution in [2.45, 2.75) is 6.42 Å². The number of ether oxygens (including phenoxy) is 2. The summed E-state index contributed by atoms with van der Waals surface area (Å²) in [6.45, 7) is 1.41. The number of nitrogens with zero attached hydrogens (tertiary/aromatic N) is 1. The number of rotatable bonds is 9. The van der Waals surface area contributed by atoms with Crippen LogP contribution in [0, 0.1) is 10.1 Å². The summed E-state index contributed by atoms with van der Waals surface area (Å²) < 4.78 is 10.2. The second-order valence-corrected chi connectivity index (χ2v) is 4.43. The van der Waals surface area contributed by atoms with E-state index < -0.39 is 4.92 Å². The predicted octanol–water partition coefficient (Wildman–Crippen LogP) is 1.98. The third-order valence-electron chi connectivity index (χ3n) is 2.61. The summed E-state index contributed by atoms with van der Waals surface area (Å²) in [7, 11) is 1.36. The Bertz CT molecular complexity index is 495. The molecule has 0 saturated carbocycles. The summed E-state index contributed by atoms with van der Waals surface area (Å²) in [5.74, 6) is 0.256. The van der Waals surface area contributed by atoms with E-state index in [9.17, 15) is 14.9 Å². The molecule has 0 spiro atoms. The van der Waals surface area contributed by atoms with Crippen LogP contribution >= 0.6 is 11.6 Å². The van der Waals surface area contributed by atoms with E-state index in [0.717, 1.165) is 0 Å². The van der Waals surface area contributed by atoms with Gasteiger partial charge >= 0.3 is 0 Å². The van der Waals surface area contributed by atoms with E-state index in [1.807, 2.05) is 0 Å². The standard InChI is InChI=1S/C13H17ClN2O5/c1-20-12-9-10(16(18)19)3-4-11(12)13(17)15-6-2-7-21-8-5-14/h3-4,9H,2,5-8H2,1H3,(H,15,17). The molecule has 0 bridgehead atoms. The molecule has 0 aromatic heterocycles. The molecule has 1 N–H and O–H groups in total. The van der Waals surface area contributed by atoms with Crippen LogP contribution in [0.3, 0.4) is 0 Å². The number of nitro benzene ring substituents is 1. The van der Waals surface area contributed by atoms with Gasteiger partial charge in [0.2, 0.25) is 0 Å². The topological polar surface area (TPSA) is 90.7 Å². The maximum atomic E-state index is 12.0. The highest BCUT2D eigenvalue weighted by atomic mass is 35.5. The van der Waals surface area contributed by atoms with Gasteiger partial charge in [-0.2, -0.15) is 0 Å². The van der Waals surface area contributed by atoms with Crippen LogP contribution in [-0.2, 0) is 4.74 Å². The number of carbonyl (C=O) groups is 1. The number of hydrogen-bond donors (Lipinski definition) is 1. The monoisotopic (exact) mass is 316 g/mol. The van der Waals surface area contributed by atoms with Gasteiger partial charge in [0.25, 0.3) is 11.6 Å². The van der Waals surface area contributed by atoms with E-state index in [2.05, 4.69) is 5.32 Å².